The van der Waals surface area contributed by atoms with Crippen molar-refractivity contribution in [3.05, 3.63) is 77.7 Å². The number of benzene rings is 2. The van der Waals surface area contributed by atoms with Crippen LogP contribution >= 0.6 is 11.3 Å². The lowest BCUT2D eigenvalue weighted by molar-refractivity contribution is -0.122. The van der Waals surface area contributed by atoms with Crippen LogP contribution in [0, 0.1) is 0 Å². The molecule has 0 saturated carbocycles. The van der Waals surface area contributed by atoms with E-state index in [9.17, 15) is 4.79 Å². The molecule has 0 bridgehead atoms. The van der Waals surface area contributed by atoms with Crippen LogP contribution in [-0.2, 0) is 16.1 Å². The topological polar surface area (TPSA) is 29.5 Å². The van der Waals surface area contributed by atoms with Gasteiger partial charge in [-0.3, -0.25) is 4.79 Å². The molecule has 24 heavy (non-hydrogen) atoms. The van der Waals surface area contributed by atoms with Gasteiger partial charge in [-0.2, -0.15) is 0 Å². The zero-order valence-corrected chi connectivity index (χ0v) is 14.3. The lowest BCUT2D eigenvalue weighted by Crippen LogP contribution is -2.33. The summed E-state index contributed by atoms with van der Waals surface area (Å²) < 4.78 is 5.05. The van der Waals surface area contributed by atoms with E-state index in [1.54, 1.807) is 23.3 Å². The fraction of sp³-hybridized carbons (Fsp3) is 0.150. The van der Waals surface area contributed by atoms with Crippen LogP contribution in [0.15, 0.2) is 72.1 Å². The second kappa shape index (κ2) is 7.90. The predicted octanol–water partition coefficient (Wildman–Crippen LogP) is 4.59. The van der Waals surface area contributed by atoms with E-state index < -0.39 is 0 Å². The molecule has 0 fully saturated rings. The molecular formula is C20H19NO2S. The molecule has 1 aromatic heterocycles. The first-order chi connectivity index (χ1) is 11.8. The van der Waals surface area contributed by atoms with Crippen LogP contribution in [0.4, 0.5) is 5.69 Å². The summed E-state index contributed by atoms with van der Waals surface area (Å²) in [7, 11) is 1.54. The molecule has 3 rings (SSSR count). The van der Waals surface area contributed by atoms with Gasteiger partial charge in [0, 0.05) is 17.4 Å². The van der Waals surface area contributed by atoms with Gasteiger partial charge in [0.05, 0.1) is 12.2 Å². The lowest BCUT2D eigenvalue weighted by atomic mass is 10.1. The smallest absolute Gasteiger partial charge is 0.253 e. The average Bonchev–Trinajstić information content (AvgIpc) is 3.11. The van der Waals surface area contributed by atoms with E-state index in [-0.39, 0.29) is 12.5 Å². The van der Waals surface area contributed by atoms with Gasteiger partial charge in [0.15, 0.2) is 0 Å². The maximum absolute atomic E-state index is 12.5. The summed E-state index contributed by atoms with van der Waals surface area (Å²) in [6, 6.07) is 22.3. The molecule has 1 amide bonds. The summed E-state index contributed by atoms with van der Waals surface area (Å²) in [5.74, 6) is -0.0428. The average molecular weight is 337 g/mol. The second-order valence-electron chi connectivity index (χ2n) is 5.43. The number of methoxy groups -OCH3 is 1. The van der Waals surface area contributed by atoms with E-state index >= 15 is 0 Å². The summed E-state index contributed by atoms with van der Waals surface area (Å²) in [5, 5.41) is 2.03. The van der Waals surface area contributed by atoms with Gasteiger partial charge in [-0.1, -0.05) is 60.7 Å². The molecule has 4 heteroatoms. The van der Waals surface area contributed by atoms with Crippen LogP contribution in [0.1, 0.15) is 5.56 Å². The third kappa shape index (κ3) is 3.91. The van der Waals surface area contributed by atoms with Crippen molar-refractivity contribution in [3.8, 4) is 10.4 Å². The Balaban J connectivity index is 1.88. The number of anilines is 1. The van der Waals surface area contributed by atoms with E-state index in [1.165, 1.54) is 0 Å². The summed E-state index contributed by atoms with van der Waals surface area (Å²) in [6.07, 6.45) is 0. The minimum Gasteiger partial charge on any atom is -0.375 e. The van der Waals surface area contributed by atoms with Crippen LogP contribution in [0.5, 0.6) is 0 Å². The van der Waals surface area contributed by atoms with Gasteiger partial charge in [-0.05, 0) is 17.2 Å². The Morgan fingerprint density at radius 3 is 2.38 bits per heavy atom. The summed E-state index contributed by atoms with van der Waals surface area (Å²) in [6.45, 7) is 0.608. The highest BCUT2D eigenvalue weighted by Crippen LogP contribution is 2.32. The van der Waals surface area contributed by atoms with E-state index in [4.69, 9.17) is 4.74 Å². The zero-order valence-electron chi connectivity index (χ0n) is 13.5. The van der Waals surface area contributed by atoms with Gasteiger partial charge in [0.25, 0.3) is 5.91 Å². The van der Waals surface area contributed by atoms with Gasteiger partial charge in [0.1, 0.15) is 6.61 Å². The van der Waals surface area contributed by atoms with Crippen LogP contribution in [-0.4, -0.2) is 19.6 Å². The molecule has 0 aliphatic rings. The third-order valence-corrected chi connectivity index (χ3v) is 4.67. The number of hydrogen-bond acceptors (Lipinski definition) is 3. The Hall–Kier alpha value is -2.43. The fourth-order valence-electron chi connectivity index (χ4n) is 2.51. The van der Waals surface area contributed by atoms with Gasteiger partial charge in [-0.15, -0.1) is 11.3 Å². The third-order valence-electron chi connectivity index (χ3n) is 3.71. The first-order valence-corrected chi connectivity index (χ1v) is 8.63. The Kier molecular flexibility index (Phi) is 5.41. The predicted molar refractivity (Wildman–Crippen MR) is 99.3 cm³/mol. The number of thiophene rings is 1. The molecule has 2 aromatic carbocycles. The molecule has 0 N–H and O–H groups in total. The van der Waals surface area contributed by atoms with Crippen molar-refractivity contribution in [2.75, 3.05) is 18.6 Å². The Labute approximate surface area is 146 Å². The van der Waals surface area contributed by atoms with Crippen molar-refractivity contribution in [1.29, 1.82) is 0 Å². The second-order valence-corrected chi connectivity index (χ2v) is 6.34. The first kappa shape index (κ1) is 16.4. The van der Waals surface area contributed by atoms with Gasteiger partial charge < -0.3 is 9.64 Å². The highest BCUT2D eigenvalue weighted by molar-refractivity contribution is 7.14. The summed E-state index contributed by atoms with van der Waals surface area (Å²) >= 11 is 1.64. The number of carbonyl (C=O) groups excluding carboxylic acids is 1. The molecule has 0 atom stereocenters. The van der Waals surface area contributed by atoms with Crippen molar-refractivity contribution in [2.45, 2.75) is 6.54 Å². The number of hydrogen-bond donors (Lipinski definition) is 0. The SMILES string of the molecule is COCC(=O)N(Cc1ccccc1)c1csc(-c2ccccc2)c1. The number of rotatable bonds is 6. The van der Waals surface area contributed by atoms with Crippen molar-refractivity contribution >= 4 is 22.9 Å². The molecule has 0 unspecified atom stereocenters. The molecule has 0 saturated heterocycles. The van der Waals surface area contributed by atoms with E-state index in [0.29, 0.717) is 6.54 Å². The fourth-order valence-corrected chi connectivity index (χ4v) is 3.42. The molecular weight excluding hydrogens is 318 g/mol. The van der Waals surface area contributed by atoms with Crippen LogP contribution in [0.2, 0.25) is 0 Å². The molecule has 3 aromatic rings. The first-order valence-electron chi connectivity index (χ1n) is 7.75. The largest absolute Gasteiger partial charge is 0.375 e. The molecule has 1 heterocycles. The van der Waals surface area contributed by atoms with Crippen molar-refractivity contribution in [1.82, 2.24) is 0 Å². The van der Waals surface area contributed by atoms with Crippen LogP contribution in [0.25, 0.3) is 10.4 Å². The van der Waals surface area contributed by atoms with Crippen molar-refractivity contribution in [2.24, 2.45) is 0 Å². The lowest BCUT2D eigenvalue weighted by Gasteiger charge is -2.21. The minimum absolute atomic E-state index is 0.0428. The highest BCUT2D eigenvalue weighted by atomic mass is 32.1. The number of ether oxygens (including phenoxy) is 1. The minimum atomic E-state index is -0.0428. The van der Waals surface area contributed by atoms with Crippen molar-refractivity contribution in [3.63, 3.8) is 0 Å². The summed E-state index contributed by atoms with van der Waals surface area (Å²) in [4.78, 5) is 15.4. The van der Waals surface area contributed by atoms with Gasteiger partial charge in [-0.25, -0.2) is 0 Å². The summed E-state index contributed by atoms with van der Waals surface area (Å²) in [5.41, 5.74) is 3.16. The molecule has 0 aliphatic heterocycles. The van der Waals surface area contributed by atoms with Gasteiger partial charge in [0.2, 0.25) is 0 Å². The van der Waals surface area contributed by atoms with E-state index in [1.807, 2.05) is 53.9 Å². The van der Waals surface area contributed by atoms with E-state index in [2.05, 4.69) is 18.2 Å². The quantitative estimate of drug-likeness (QED) is 0.658. The Morgan fingerprint density at radius 1 is 1.04 bits per heavy atom. The number of carbonyl (C=O) groups is 1. The Morgan fingerprint density at radius 2 is 1.71 bits per heavy atom. The van der Waals surface area contributed by atoms with E-state index in [0.717, 1.165) is 21.7 Å². The highest BCUT2D eigenvalue weighted by Gasteiger charge is 2.18. The monoisotopic (exact) mass is 337 g/mol. The molecule has 3 nitrogen and oxygen atoms in total. The maximum Gasteiger partial charge on any atom is 0.253 e. The normalized spacial score (nSPS) is 10.5. The molecule has 0 aliphatic carbocycles. The number of amides is 1. The van der Waals surface area contributed by atoms with Crippen LogP contribution < -0.4 is 4.90 Å². The van der Waals surface area contributed by atoms with Crippen molar-refractivity contribution < 1.29 is 9.53 Å². The van der Waals surface area contributed by atoms with Gasteiger partial charge >= 0.3 is 0 Å². The number of nitrogens with zero attached hydrogens (tertiary/aromatic N) is 1. The zero-order chi connectivity index (χ0) is 16.8. The molecule has 0 spiro atoms. The molecule has 122 valence electrons. The molecule has 0 radical (unpaired) electrons. The maximum atomic E-state index is 12.5. The Bertz CT molecular complexity index is 784. The van der Waals surface area contributed by atoms with Crippen LogP contribution in [0.3, 0.4) is 0 Å². The standard InChI is InChI=1S/C20H19NO2S/c1-23-14-20(22)21(13-16-8-4-2-5-9-16)18-12-19(24-15-18)17-10-6-3-7-11-17/h2-12,15H,13-14H2,1H3.